The Balaban J connectivity index is 2.21. The minimum absolute atomic E-state index is 0.0480. The number of nitrogens with one attached hydrogen (secondary N) is 1. The molecule has 0 aromatic carbocycles. The van der Waals surface area contributed by atoms with Crippen molar-refractivity contribution < 1.29 is 22.7 Å². The Morgan fingerprint density at radius 1 is 1.21 bits per heavy atom. The number of fused-ring (bicyclic) bond motifs is 1. The van der Waals surface area contributed by atoms with Crippen molar-refractivity contribution in [3.05, 3.63) is 46.4 Å². The number of hydrogen-bond donors (Lipinski definition) is 1. The van der Waals surface area contributed by atoms with Crippen LogP contribution in [0.4, 0.5) is 18.9 Å². The fourth-order valence-electron chi connectivity index (χ4n) is 2.70. The van der Waals surface area contributed by atoms with E-state index in [9.17, 15) is 18.0 Å². The van der Waals surface area contributed by atoms with Gasteiger partial charge in [-0.25, -0.2) is 4.98 Å². The Morgan fingerprint density at radius 3 is 2.54 bits per heavy atom. The van der Waals surface area contributed by atoms with Crippen molar-refractivity contribution in [3.8, 4) is 5.88 Å². The highest BCUT2D eigenvalue weighted by atomic mass is 35.5. The maximum atomic E-state index is 12.8. The van der Waals surface area contributed by atoms with Crippen molar-refractivity contribution in [2.75, 3.05) is 12.4 Å². The van der Waals surface area contributed by atoms with Gasteiger partial charge in [0.1, 0.15) is 11.1 Å². The van der Waals surface area contributed by atoms with Crippen molar-refractivity contribution >= 4 is 23.2 Å². The monoisotopic (exact) mass is 357 g/mol. The highest BCUT2D eigenvalue weighted by Gasteiger charge is 2.48. The van der Waals surface area contributed by atoms with E-state index in [4.69, 9.17) is 16.3 Å². The van der Waals surface area contributed by atoms with Gasteiger partial charge in [0.25, 0.3) is 0 Å². The predicted molar refractivity (Wildman–Crippen MR) is 80.1 cm³/mol. The van der Waals surface area contributed by atoms with Crippen LogP contribution < -0.4 is 10.1 Å². The molecule has 0 fully saturated rings. The molecule has 1 atom stereocenters. The second-order valence-electron chi connectivity index (χ2n) is 5.40. The number of pyridine rings is 2. The molecule has 1 amide bonds. The summed E-state index contributed by atoms with van der Waals surface area (Å²) in [5.41, 5.74) is -1.72. The van der Waals surface area contributed by atoms with Crippen molar-refractivity contribution in [3.63, 3.8) is 0 Å². The van der Waals surface area contributed by atoms with E-state index in [1.807, 2.05) is 0 Å². The number of rotatable bonds is 2. The quantitative estimate of drug-likeness (QED) is 0.894. The van der Waals surface area contributed by atoms with Gasteiger partial charge in [-0.1, -0.05) is 11.6 Å². The number of methoxy groups -OCH3 is 1. The van der Waals surface area contributed by atoms with Gasteiger partial charge in [-0.3, -0.25) is 9.78 Å². The summed E-state index contributed by atoms with van der Waals surface area (Å²) >= 11 is 5.96. The Hall–Kier alpha value is -2.35. The molecule has 2 aromatic rings. The molecular weight excluding hydrogens is 347 g/mol. The highest BCUT2D eigenvalue weighted by Crippen LogP contribution is 2.46. The summed E-state index contributed by atoms with van der Waals surface area (Å²) in [5.74, 6) is -0.356. The second-order valence-corrected chi connectivity index (χ2v) is 5.84. The molecule has 5 nitrogen and oxygen atoms in total. The SMILES string of the molecule is COc1ncc(Cl)cc1C1(C)C(=O)Nc2cc(C(F)(F)F)ncc21. The lowest BCUT2D eigenvalue weighted by atomic mass is 9.78. The smallest absolute Gasteiger partial charge is 0.433 e. The first kappa shape index (κ1) is 16.5. The van der Waals surface area contributed by atoms with Gasteiger partial charge >= 0.3 is 6.18 Å². The topological polar surface area (TPSA) is 64.1 Å². The van der Waals surface area contributed by atoms with Crippen LogP contribution >= 0.6 is 11.6 Å². The second kappa shape index (κ2) is 5.34. The number of hydrogen-bond acceptors (Lipinski definition) is 4. The predicted octanol–water partition coefficient (Wildman–Crippen LogP) is 3.42. The van der Waals surface area contributed by atoms with E-state index in [1.165, 1.54) is 19.4 Å². The number of ether oxygens (including phenoxy) is 1. The lowest BCUT2D eigenvalue weighted by Gasteiger charge is -2.24. The summed E-state index contributed by atoms with van der Waals surface area (Å²) in [5, 5.41) is 2.74. The van der Waals surface area contributed by atoms with Gasteiger partial charge in [-0.15, -0.1) is 0 Å². The van der Waals surface area contributed by atoms with Crippen molar-refractivity contribution in [2.24, 2.45) is 0 Å². The molecular formula is C15H11ClF3N3O2. The van der Waals surface area contributed by atoms with Crippen LogP contribution in [0.25, 0.3) is 0 Å². The normalized spacial score (nSPS) is 19.8. The lowest BCUT2D eigenvalue weighted by Crippen LogP contribution is -2.33. The molecule has 0 spiro atoms. The molecule has 126 valence electrons. The number of carbonyl (C=O) groups excluding carboxylic acids is 1. The summed E-state index contributed by atoms with van der Waals surface area (Å²) in [7, 11) is 1.38. The molecule has 0 saturated heterocycles. The molecule has 3 heterocycles. The Morgan fingerprint density at radius 2 is 1.92 bits per heavy atom. The van der Waals surface area contributed by atoms with Crippen LogP contribution in [0, 0.1) is 0 Å². The molecule has 0 aliphatic carbocycles. The van der Waals surface area contributed by atoms with Crippen molar-refractivity contribution in [1.82, 2.24) is 9.97 Å². The van der Waals surface area contributed by atoms with Gasteiger partial charge in [-0.05, 0) is 19.1 Å². The van der Waals surface area contributed by atoms with Gasteiger partial charge in [0.2, 0.25) is 11.8 Å². The van der Waals surface area contributed by atoms with E-state index >= 15 is 0 Å². The number of alkyl halides is 3. The van der Waals surface area contributed by atoms with E-state index in [-0.39, 0.29) is 16.6 Å². The van der Waals surface area contributed by atoms with Gasteiger partial charge in [0.15, 0.2) is 0 Å². The molecule has 2 aromatic heterocycles. The molecule has 1 aliphatic heterocycles. The first-order chi connectivity index (χ1) is 11.2. The summed E-state index contributed by atoms with van der Waals surface area (Å²) < 4.78 is 43.6. The van der Waals surface area contributed by atoms with Crippen LogP contribution in [0.3, 0.4) is 0 Å². The fraction of sp³-hybridized carbons (Fsp3) is 0.267. The average molecular weight is 358 g/mol. The van der Waals surface area contributed by atoms with Crippen LogP contribution in [0.5, 0.6) is 5.88 Å². The molecule has 1 unspecified atom stereocenters. The standard InChI is InChI=1S/C15H11ClF3N3O2/c1-14(8-3-7(16)5-21-12(8)24-2)9-6-20-11(15(17,18)19)4-10(9)22-13(14)23/h3-6H,1-2H3,(H,22,23). The van der Waals surface area contributed by atoms with Crippen LogP contribution in [0.2, 0.25) is 5.02 Å². The minimum atomic E-state index is -4.60. The number of carbonyl (C=O) groups is 1. The van der Waals surface area contributed by atoms with Crippen molar-refractivity contribution in [1.29, 1.82) is 0 Å². The maximum Gasteiger partial charge on any atom is 0.433 e. The molecule has 1 N–H and O–H groups in total. The first-order valence-electron chi connectivity index (χ1n) is 6.77. The number of nitrogens with zero attached hydrogens (tertiary/aromatic N) is 2. The third kappa shape index (κ3) is 2.37. The number of anilines is 1. The maximum absolute atomic E-state index is 12.8. The Labute approximate surface area is 139 Å². The highest BCUT2D eigenvalue weighted by molar-refractivity contribution is 6.30. The summed E-state index contributed by atoms with van der Waals surface area (Å²) in [6, 6.07) is 2.31. The molecule has 9 heteroatoms. The minimum Gasteiger partial charge on any atom is -0.481 e. The first-order valence-corrected chi connectivity index (χ1v) is 7.15. The zero-order chi connectivity index (χ0) is 17.7. The average Bonchev–Trinajstić information content (AvgIpc) is 2.78. The Kier molecular flexibility index (Phi) is 3.67. The van der Waals surface area contributed by atoms with Gasteiger partial charge in [0.05, 0.1) is 12.1 Å². The Bertz CT molecular complexity index is 841. The molecule has 24 heavy (non-hydrogen) atoms. The molecule has 0 saturated carbocycles. The molecule has 1 aliphatic rings. The lowest BCUT2D eigenvalue weighted by molar-refractivity contribution is -0.141. The summed E-state index contributed by atoms with van der Waals surface area (Å²) in [6.07, 6.45) is -2.21. The van der Waals surface area contributed by atoms with E-state index < -0.39 is 23.2 Å². The third-order valence-electron chi connectivity index (χ3n) is 3.99. The van der Waals surface area contributed by atoms with Crippen LogP contribution in [-0.4, -0.2) is 23.0 Å². The zero-order valence-corrected chi connectivity index (χ0v) is 13.3. The zero-order valence-electron chi connectivity index (χ0n) is 12.5. The third-order valence-corrected chi connectivity index (χ3v) is 4.19. The number of halogens is 4. The van der Waals surface area contributed by atoms with Crippen LogP contribution in [0.1, 0.15) is 23.7 Å². The largest absolute Gasteiger partial charge is 0.481 e. The molecule has 0 radical (unpaired) electrons. The summed E-state index contributed by atoms with van der Waals surface area (Å²) in [6.45, 7) is 1.55. The summed E-state index contributed by atoms with van der Waals surface area (Å²) in [4.78, 5) is 20.0. The van der Waals surface area contributed by atoms with Gasteiger partial charge < -0.3 is 10.1 Å². The molecule has 0 bridgehead atoms. The van der Waals surface area contributed by atoms with Crippen LogP contribution in [-0.2, 0) is 16.4 Å². The fourth-order valence-corrected chi connectivity index (χ4v) is 2.85. The van der Waals surface area contributed by atoms with Gasteiger partial charge in [0, 0.05) is 29.2 Å². The molecule has 3 rings (SSSR count). The van der Waals surface area contributed by atoms with Crippen molar-refractivity contribution in [2.45, 2.75) is 18.5 Å². The van der Waals surface area contributed by atoms with E-state index in [0.29, 0.717) is 11.1 Å². The van der Waals surface area contributed by atoms with E-state index in [2.05, 4.69) is 15.3 Å². The number of aromatic nitrogens is 2. The van der Waals surface area contributed by atoms with Crippen LogP contribution in [0.15, 0.2) is 24.5 Å². The van der Waals surface area contributed by atoms with E-state index in [1.54, 1.807) is 6.92 Å². The van der Waals surface area contributed by atoms with Gasteiger partial charge in [-0.2, -0.15) is 13.2 Å². The van der Waals surface area contributed by atoms with E-state index in [0.717, 1.165) is 12.3 Å². The number of amides is 1.